The smallest absolute Gasteiger partial charge is 0.274 e. The minimum absolute atomic E-state index is 0.361. The van der Waals surface area contributed by atoms with Crippen LogP contribution in [-0.4, -0.2) is 5.11 Å². The summed E-state index contributed by atoms with van der Waals surface area (Å²) in [5.74, 6) is -3.47. The molecule has 0 radical (unpaired) electrons. The van der Waals surface area contributed by atoms with E-state index in [1.807, 2.05) is 32.9 Å². The van der Waals surface area contributed by atoms with Crippen molar-refractivity contribution >= 4 is 5.57 Å². The largest absolute Gasteiger partial charge is 0.507 e. The highest BCUT2D eigenvalue weighted by Crippen LogP contribution is 2.35. The van der Waals surface area contributed by atoms with Crippen molar-refractivity contribution < 1.29 is 13.9 Å². The minimum Gasteiger partial charge on any atom is -0.507 e. The summed E-state index contributed by atoms with van der Waals surface area (Å²) in [6, 6.07) is 4.27. The van der Waals surface area contributed by atoms with Gasteiger partial charge in [-0.25, -0.2) is 8.78 Å². The molecule has 1 rings (SSSR count). The van der Waals surface area contributed by atoms with Crippen LogP contribution in [0.1, 0.15) is 45.2 Å². The lowest BCUT2D eigenvalue weighted by Crippen LogP contribution is -2.07. The van der Waals surface area contributed by atoms with Gasteiger partial charge < -0.3 is 5.11 Å². The third-order valence-corrected chi connectivity index (χ3v) is 3.69. The summed E-state index contributed by atoms with van der Waals surface area (Å²) in [6.45, 7) is 14.4. The van der Waals surface area contributed by atoms with Crippen LogP contribution in [0, 0.1) is 0 Å². The molecule has 0 aliphatic rings. The molecule has 0 atom stereocenters. The highest BCUT2D eigenvalue weighted by Gasteiger charge is 2.28. The van der Waals surface area contributed by atoms with E-state index in [9.17, 15) is 13.9 Å². The van der Waals surface area contributed by atoms with Gasteiger partial charge >= 0.3 is 0 Å². The molecule has 0 aliphatic carbocycles. The molecule has 0 saturated heterocycles. The van der Waals surface area contributed by atoms with E-state index in [1.54, 1.807) is 6.07 Å². The second kappa shape index (κ2) is 7.40. The molecule has 3 heteroatoms. The Labute approximate surface area is 137 Å². The van der Waals surface area contributed by atoms with Crippen LogP contribution < -0.4 is 0 Å². The maximum Gasteiger partial charge on any atom is 0.274 e. The number of rotatable bonds is 6. The molecule has 23 heavy (non-hydrogen) atoms. The van der Waals surface area contributed by atoms with Crippen molar-refractivity contribution in [3.63, 3.8) is 0 Å². The second-order valence-corrected chi connectivity index (χ2v) is 5.98. The lowest BCUT2D eigenvalue weighted by Gasteiger charge is -2.14. The fraction of sp³-hybridized carbons (Fsp3) is 0.300. The molecular weight excluding hydrogens is 294 g/mol. The molecule has 0 heterocycles. The van der Waals surface area contributed by atoms with Crippen LogP contribution >= 0.6 is 0 Å². The third-order valence-electron chi connectivity index (χ3n) is 3.69. The van der Waals surface area contributed by atoms with Gasteiger partial charge in [-0.2, -0.15) is 0 Å². The van der Waals surface area contributed by atoms with Gasteiger partial charge in [-0.3, -0.25) is 0 Å². The van der Waals surface area contributed by atoms with E-state index in [0.717, 1.165) is 29.2 Å². The second-order valence-electron chi connectivity index (χ2n) is 5.98. The van der Waals surface area contributed by atoms with Crippen LogP contribution in [0.4, 0.5) is 8.78 Å². The molecule has 124 valence electrons. The summed E-state index contributed by atoms with van der Waals surface area (Å²) in [6.07, 6.45) is 4.53. The van der Waals surface area contributed by atoms with Gasteiger partial charge in [0.15, 0.2) is 0 Å². The molecule has 0 fully saturated rings. The number of alkyl halides is 2. The van der Waals surface area contributed by atoms with Crippen LogP contribution in [0.5, 0.6) is 5.75 Å². The van der Waals surface area contributed by atoms with Crippen LogP contribution in [0.25, 0.3) is 5.57 Å². The van der Waals surface area contributed by atoms with Gasteiger partial charge in [0.05, 0.1) is 5.56 Å². The van der Waals surface area contributed by atoms with Gasteiger partial charge in [-0.1, -0.05) is 42.5 Å². The SMILES string of the molecule is C=C(/C=C(\C)C(=C)C)C/C=C(\C)c1ccc(O)c(C(C)(F)F)c1. The van der Waals surface area contributed by atoms with Crippen molar-refractivity contribution in [2.75, 3.05) is 0 Å². The highest BCUT2D eigenvalue weighted by molar-refractivity contribution is 5.66. The first-order valence-corrected chi connectivity index (χ1v) is 7.42. The van der Waals surface area contributed by atoms with Crippen LogP contribution in [0.3, 0.4) is 0 Å². The van der Waals surface area contributed by atoms with E-state index in [0.29, 0.717) is 12.0 Å². The van der Waals surface area contributed by atoms with Crippen molar-refractivity contribution in [3.8, 4) is 5.75 Å². The highest BCUT2D eigenvalue weighted by atomic mass is 19.3. The number of aromatic hydroxyl groups is 1. The number of hydrogen-bond donors (Lipinski definition) is 1. The lowest BCUT2D eigenvalue weighted by atomic mass is 9.99. The standard InChI is InChI=1S/C20H24F2O/c1-13(2)16(5)11-14(3)7-8-15(4)17-9-10-19(23)18(12-17)20(6,21)22/h8-12,23H,1,3,7H2,2,4-6H3/b15-8+,16-11+. The molecule has 1 aromatic carbocycles. The first kappa shape index (κ1) is 18.9. The third kappa shape index (κ3) is 5.51. The molecule has 0 aliphatic heterocycles. The number of phenolic OH excluding ortho intramolecular Hbond substituents is 1. The Morgan fingerprint density at radius 3 is 2.35 bits per heavy atom. The maximum absolute atomic E-state index is 13.5. The monoisotopic (exact) mass is 318 g/mol. The number of halogens is 2. The summed E-state index contributed by atoms with van der Waals surface area (Å²) >= 11 is 0. The summed E-state index contributed by atoms with van der Waals surface area (Å²) in [4.78, 5) is 0. The molecule has 0 bridgehead atoms. The molecule has 0 spiro atoms. The lowest BCUT2D eigenvalue weighted by molar-refractivity contribution is 0.0151. The molecule has 1 N–H and O–H groups in total. The number of benzene rings is 1. The van der Waals surface area contributed by atoms with E-state index in [2.05, 4.69) is 13.2 Å². The number of phenols is 1. The topological polar surface area (TPSA) is 20.2 Å². The predicted octanol–water partition coefficient (Wildman–Crippen LogP) is 6.38. The molecule has 0 unspecified atom stereocenters. The van der Waals surface area contributed by atoms with E-state index >= 15 is 0 Å². The summed E-state index contributed by atoms with van der Waals surface area (Å²) in [5.41, 5.74) is 4.13. The molecule has 0 saturated carbocycles. The zero-order valence-corrected chi connectivity index (χ0v) is 14.2. The fourth-order valence-electron chi connectivity index (χ4n) is 2.02. The van der Waals surface area contributed by atoms with Gasteiger partial charge in [0.1, 0.15) is 5.75 Å². The Kier molecular flexibility index (Phi) is 6.08. The van der Waals surface area contributed by atoms with Crippen LogP contribution in [0.15, 0.2) is 60.2 Å². The summed E-state index contributed by atoms with van der Waals surface area (Å²) < 4.78 is 27.0. The van der Waals surface area contributed by atoms with Crippen molar-refractivity contribution in [1.82, 2.24) is 0 Å². The normalized spacial score (nSPS) is 13.1. The van der Waals surface area contributed by atoms with Gasteiger partial charge in [-0.05, 0) is 56.0 Å². The first-order chi connectivity index (χ1) is 10.5. The summed E-state index contributed by atoms with van der Waals surface area (Å²) in [5, 5.41) is 9.59. The Hall–Kier alpha value is -2.16. The maximum atomic E-state index is 13.5. The summed E-state index contributed by atoms with van der Waals surface area (Å²) in [7, 11) is 0. The molecular formula is C20H24F2O. The Morgan fingerprint density at radius 1 is 1.22 bits per heavy atom. The van der Waals surface area contributed by atoms with E-state index < -0.39 is 11.7 Å². The van der Waals surface area contributed by atoms with Crippen molar-refractivity contribution in [2.45, 2.75) is 40.0 Å². The zero-order chi connectivity index (χ0) is 17.8. The van der Waals surface area contributed by atoms with Gasteiger partial charge in [0, 0.05) is 6.92 Å². The van der Waals surface area contributed by atoms with Crippen molar-refractivity contribution in [2.24, 2.45) is 0 Å². The van der Waals surface area contributed by atoms with Gasteiger partial charge in [0.25, 0.3) is 5.92 Å². The van der Waals surface area contributed by atoms with E-state index in [-0.39, 0.29) is 5.56 Å². The van der Waals surface area contributed by atoms with Crippen LogP contribution in [0.2, 0.25) is 0 Å². The van der Waals surface area contributed by atoms with Gasteiger partial charge in [-0.15, -0.1) is 0 Å². The quantitative estimate of drug-likeness (QED) is 0.604. The first-order valence-electron chi connectivity index (χ1n) is 7.42. The van der Waals surface area contributed by atoms with E-state index in [4.69, 9.17) is 0 Å². The predicted molar refractivity (Wildman–Crippen MR) is 93.7 cm³/mol. The Morgan fingerprint density at radius 2 is 1.83 bits per heavy atom. The zero-order valence-electron chi connectivity index (χ0n) is 14.2. The fourth-order valence-corrected chi connectivity index (χ4v) is 2.02. The average Bonchev–Trinajstić information content (AvgIpc) is 2.43. The van der Waals surface area contributed by atoms with Crippen molar-refractivity contribution in [3.05, 3.63) is 71.4 Å². The number of hydrogen-bond acceptors (Lipinski definition) is 1. The molecule has 0 amide bonds. The van der Waals surface area contributed by atoms with E-state index in [1.165, 1.54) is 12.1 Å². The minimum atomic E-state index is -3.08. The molecule has 0 aromatic heterocycles. The number of allylic oxidation sites excluding steroid dienone is 6. The molecule has 1 nitrogen and oxygen atoms in total. The van der Waals surface area contributed by atoms with Gasteiger partial charge in [0.2, 0.25) is 0 Å². The van der Waals surface area contributed by atoms with Crippen molar-refractivity contribution in [1.29, 1.82) is 0 Å². The molecule has 1 aromatic rings. The Bertz CT molecular complexity index is 673. The Balaban J connectivity index is 2.98. The van der Waals surface area contributed by atoms with Crippen LogP contribution in [-0.2, 0) is 5.92 Å². The average molecular weight is 318 g/mol.